The molecule has 1 aliphatic rings. The van der Waals surface area contributed by atoms with Gasteiger partial charge in [-0.25, -0.2) is 0 Å². The summed E-state index contributed by atoms with van der Waals surface area (Å²) >= 11 is 0. The third-order valence-electron chi connectivity index (χ3n) is 3.93. The van der Waals surface area contributed by atoms with Crippen molar-refractivity contribution in [2.75, 3.05) is 13.1 Å². The van der Waals surface area contributed by atoms with Crippen LogP contribution in [-0.2, 0) is 0 Å². The topological polar surface area (TPSA) is 68.8 Å². The van der Waals surface area contributed by atoms with Gasteiger partial charge >= 0.3 is 0 Å². The fraction of sp³-hybridized carbons (Fsp3) is 0.615. The van der Waals surface area contributed by atoms with Crippen LogP contribution in [0.15, 0.2) is 12.4 Å². The fourth-order valence-electron chi connectivity index (χ4n) is 2.31. The predicted octanol–water partition coefficient (Wildman–Crippen LogP) is 1.43. The molecular formula is C13H21N5. The molecule has 2 atom stereocenters. The molecule has 2 rings (SSSR count). The first-order valence-electron chi connectivity index (χ1n) is 6.43. The molecule has 1 aliphatic heterocycles. The Labute approximate surface area is 107 Å². The minimum absolute atomic E-state index is 0.300. The van der Waals surface area contributed by atoms with Crippen molar-refractivity contribution < 1.29 is 0 Å². The molecule has 0 bridgehead atoms. The molecule has 18 heavy (non-hydrogen) atoms. The van der Waals surface area contributed by atoms with Crippen molar-refractivity contribution in [2.24, 2.45) is 11.8 Å². The Morgan fingerprint density at radius 3 is 2.78 bits per heavy atom. The molecule has 1 fully saturated rings. The molecule has 2 N–H and O–H groups in total. The summed E-state index contributed by atoms with van der Waals surface area (Å²) in [7, 11) is 0. The number of aromatic nitrogens is 2. The van der Waals surface area contributed by atoms with Crippen LogP contribution in [0.3, 0.4) is 0 Å². The highest BCUT2D eigenvalue weighted by molar-refractivity contribution is 5.79. The number of nitrogens with zero attached hydrogens (tertiary/aromatic N) is 3. The second kappa shape index (κ2) is 4.92. The second-order valence-electron chi connectivity index (χ2n) is 5.24. The molecule has 2 heterocycles. The predicted molar refractivity (Wildman–Crippen MR) is 70.5 cm³/mol. The first-order valence-corrected chi connectivity index (χ1v) is 6.43. The van der Waals surface area contributed by atoms with E-state index in [9.17, 15) is 0 Å². The summed E-state index contributed by atoms with van der Waals surface area (Å²) in [4.78, 5) is 6.13. The lowest BCUT2D eigenvalue weighted by Gasteiger charge is -2.36. The van der Waals surface area contributed by atoms with E-state index < -0.39 is 0 Å². The Kier molecular flexibility index (Phi) is 3.50. The fourth-order valence-corrected chi connectivity index (χ4v) is 2.31. The van der Waals surface area contributed by atoms with Gasteiger partial charge < -0.3 is 4.90 Å². The lowest BCUT2D eigenvalue weighted by molar-refractivity contribution is 0.199. The summed E-state index contributed by atoms with van der Waals surface area (Å²) in [6.07, 6.45) is 4.46. The normalized spacial score (nSPS) is 24.1. The van der Waals surface area contributed by atoms with Gasteiger partial charge in [-0.3, -0.25) is 20.4 Å². The number of hydrogen-bond donors (Lipinski definition) is 2. The minimum atomic E-state index is 0.300. The SMILES string of the molecule is Cc1nccn(C(=N)N2CCC(C)C(C)C2)c1=N. The van der Waals surface area contributed by atoms with E-state index in [0.717, 1.165) is 19.5 Å². The standard InChI is InChI=1S/C13H21N5/c1-9-4-6-17(8-10(9)2)13(15)18-7-5-16-11(3)12(18)14/h5,7,9-10,14-15H,4,6,8H2,1-3H3. The van der Waals surface area contributed by atoms with Gasteiger partial charge in [-0.15, -0.1) is 0 Å². The molecule has 0 radical (unpaired) electrons. The van der Waals surface area contributed by atoms with Crippen molar-refractivity contribution in [3.63, 3.8) is 0 Å². The maximum Gasteiger partial charge on any atom is 0.203 e. The molecule has 2 unspecified atom stereocenters. The quantitative estimate of drug-likeness (QED) is 0.538. The van der Waals surface area contributed by atoms with Crippen molar-refractivity contribution >= 4 is 5.96 Å². The Bertz CT molecular complexity index is 504. The van der Waals surface area contributed by atoms with Crippen LogP contribution in [0.4, 0.5) is 0 Å². The smallest absolute Gasteiger partial charge is 0.203 e. The van der Waals surface area contributed by atoms with Crippen molar-refractivity contribution in [2.45, 2.75) is 27.2 Å². The van der Waals surface area contributed by atoms with Gasteiger partial charge in [-0.2, -0.15) is 0 Å². The van der Waals surface area contributed by atoms with Crippen LogP contribution < -0.4 is 5.49 Å². The maximum absolute atomic E-state index is 8.26. The van der Waals surface area contributed by atoms with Crippen molar-refractivity contribution in [1.29, 1.82) is 10.8 Å². The number of piperidine rings is 1. The second-order valence-corrected chi connectivity index (χ2v) is 5.24. The van der Waals surface area contributed by atoms with Gasteiger partial charge in [-0.1, -0.05) is 13.8 Å². The van der Waals surface area contributed by atoms with E-state index in [-0.39, 0.29) is 0 Å². The Morgan fingerprint density at radius 2 is 2.11 bits per heavy atom. The zero-order valence-electron chi connectivity index (χ0n) is 11.3. The van der Waals surface area contributed by atoms with Gasteiger partial charge in [0.05, 0.1) is 5.69 Å². The van der Waals surface area contributed by atoms with Gasteiger partial charge in [0.2, 0.25) is 5.96 Å². The summed E-state index contributed by atoms with van der Waals surface area (Å²) < 4.78 is 1.60. The van der Waals surface area contributed by atoms with E-state index in [1.54, 1.807) is 23.9 Å². The molecule has 5 nitrogen and oxygen atoms in total. The monoisotopic (exact) mass is 247 g/mol. The zero-order valence-corrected chi connectivity index (χ0v) is 11.3. The highest BCUT2D eigenvalue weighted by Crippen LogP contribution is 2.22. The summed E-state index contributed by atoms with van der Waals surface area (Å²) in [5.41, 5.74) is 0.953. The van der Waals surface area contributed by atoms with E-state index in [0.29, 0.717) is 29.0 Å². The lowest BCUT2D eigenvalue weighted by Crippen LogP contribution is -2.47. The highest BCUT2D eigenvalue weighted by Gasteiger charge is 2.25. The van der Waals surface area contributed by atoms with E-state index in [4.69, 9.17) is 10.8 Å². The van der Waals surface area contributed by atoms with Crippen molar-refractivity contribution in [3.8, 4) is 0 Å². The molecule has 98 valence electrons. The Hall–Kier alpha value is -1.65. The largest absolute Gasteiger partial charge is 0.342 e. The molecule has 0 amide bonds. The van der Waals surface area contributed by atoms with Crippen LogP contribution in [0.25, 0.3) is 0 Å². The van der Waals surface area contributed by atoms with E-state index >= 15 is 0 Å². The Balaban J connectivity index is 2.22. The first-order chi connectivity index (χ1) is 8.50. The van der Waals surface area contributed by atoms with Crippen molar-refractivity contribution in [1.82, 2.24) is 14.5 Å². The summed E-state index contributed by atoms with van der Waals surface area (Å²) in [6, 6.07) is 0. The molecule has 1 aromatic heterocycles. The molecule has 5 heteroatoms. The van der Waals surface area contributed by atoms with E-state index in [2.05, 4.69) is 23.7 Å². The summed E-state index contributed by atoms with van der Waals surface area (Å²) in [5.74, 6) is 1.70. The average Bonchev–Trinajstić information content (AvgIpc) is 2.35. The third kappa shape index (κ3) is 2.30. The average molecular weight is 247 g/mol. The summed E-state index contributed by atoms with van der Waals surface area (Å²) in [6.45, 7) is 8.10. The van der Waals surface area contributed by atoms with Crippen LogP contribution in [0.5, 0.6) is 0 Å². The van der Waals surface area contributed by atoms with E-state index in [1.165, 1.54) is 0 Å². The molecular weight excluding hydrogens is 226 g/mol. The number of likely N-dealkylation sites (tertiary alicyclic amines) is 1. The van der Waals surface area contributed by atoms with Gasteiger partial charge in [0.15, 0.2) is 5.49 Å². The van der Waals surface area contributed by atoms with Gasteiger partial charge in [-0.05, 0) is 25.2 Å². The van der Waals surface area contributed by atoms with Crippen LogP contribution in [-0.4, -0.2) is 33.5 Å². The summed E-state index contributed by atoms with van der Waals surface area (Å²) in [5, 5.41) is 16.2. The minimum Gasteiger partial charge on any atom is -0.342 e. The molecule has 0 aromatic carbocycles. The van der Waals surface area contributed by atoms with Crippen molar-refractivity contribution in [3.05, 3.63) is 23.6 Å². The molecule has 1 saturated heterocycles. The molecule has 0 saturated carbocycles. The first kappa shape index (κ1) is 12.8. The van der Waals surface area contributed by atoms with Gasteiger partial charge in [0, 0.05) is 25.5 Å². The van der Waals surface area contributed by atoms with Gasteiger partial charge in [0.1, 0.15) is 0 Å². The number of rotatable bonds is 0. The number of nitrogens with one attached hydrogen (secondary N) is 2. The lowest BCUT2D eigenvalue weighted by atomic mass is 9.89. The zero-order chi connectivity index (χ0) is 13.3. The van der Waals surface area contributed by atoms with Crippen LogP contribution >= 0.6 is 0 Å². The van der Waals surface area contributed by atoms with Crippen LogP contribution in [0.2, 0.25) is 0 Å². The Morgan fingerprint density at radius 1 is 1.39 bits per heavy atom. The molecule has 0 aliphatic carbocycles. The van der Waals surface area contributed by atoms with Gasteiger partial charge in [0.25, 0.3) is 0 Å². The highest BCUT2D eigenvalue weighted by atomic mass is 15.3. The number of hydrogen-bond acceptors (Lipinski definition) is 3. The maximum atomic E-state index is 8.26. The van der Waals surface area contributed by atoms with Crippen LogP contribution in [0, 0.1) is 29.6 Å². The van der Waals surface area contributed by atoms with E-state index in [1.807, 2.05) is 0 Å². The van der Waals surface area contributed by atoms with Crippen LogP contribution in [0.1, 0.15) is 26.0 Å². The number of aryl methyl sites for hydroxylation is 1. The third-order valence-corrected chi connectivity index (χ3v) is 3.93. The molecule has 0 spiro atoms. The molecule has 1 aromatic rings.